The molecule has 0 saturated carbocycles. The van der Waals surface area contributed by atoms with Gasteiger partial charge < -0.3 is 5.32 Å². The molecule has 1 unspecified atom stereocenters. The molecule has 0 spiro atoms. The number of nitrogens with one attached hydrogen (secondary N) is 1. The van der Waals surface area contributed by atoms with E-state index in [1.165, 1.54) is 25.0 Å². The summed E-state index contributed by atoms with van der Waals surface area (Å²) in [5.41, 5.74) is 2.31. The highest BCUT2D eigenvalue weighted by Gasteiger charge is 2.54. The number of nitrogens with zero attached hydrogens (tertiary/aromatic N) is 1. The Bertz CT molecular complexity index is 812. The second-order valence-corrected chi connectivity index (χ2v) is 7.72. The third-order valence-electron chi connectivity index (χ3n) is 6.45. The summed E-state index contributed by atoms with van der Waals surface area (Å²) >= 11 is 0. The van der Waals surface area contributed by atoms with E-state index in [0.29, 0.717) is 17.2 Å². The third-order valence-corrected chi connectivity index (χ3v) is 6.45. The van der Waals surface area contributed by atoms with Crippen LogP contribution in [0.3, 0.4) is 0 Å². The highest BCUT2D eigenvalue weighted by atomic mass is 19.1. The number of fused-ring (bicyclic) bond motifs is 2. The third kappa shape index (κ3) is 2.73. The smallest absolute Gasteiger partial charge is 0.252 e. The first-order valence-electron chi connectivity index (χ1n) is 9.36. The second kappa shape index (κ2) is 6.51. The summed E-state index contributed by atoms with van der Waals surface area (Å²) in [6.45, 7) is 1.78. The van der Waals surface area contributed by atoms with Crippen molar-refractivity contribution in [2.45, 2.75) is 50.2 Å². The van der Waals surface area contributed by atoms with Gasteiger partial charge in [-0.05, 0) is 69.0 Å². The van der Waals surface area contributed by atoms with Gasteiger partial charge in [0.05, 0.1) is 6.04 Å². The minimum absolute atomic E-state index is 0.0321. The number of benzene rings is 2. The molecule has 0 radical (unpaired) electrons. The Hall–Kier alpha value is -2.20. The van der Waals surface area contributed by atoms with Gasteiger partial charge in [0.25, 0.3) is 5.91 Å². The summed E-state index contributed by atoms with van der Waals surface area (Å²) in [6, 6.07) is 15.1. The van der Waals surface area contributed by atoms with Crippen molar-refractivity contribution in [3.8, 4) is 0 Å². The number of hydrogen-bond acceptors (Lipinski definition) is 2. The zero-order chi connectivity index (χ0) is 18.3. The van der Waals surface area contributed by atoms with E-state index in [9.17, 15) is 9.18 Å². The lowest BCUT2D eigenvalue weighted by Crippen LogP contribution is -2.51. The van der Waals surface area contributed by atoms with Gasteiger partial charge in [-0.2, -0.15) is 0 Å². The molecule has 2 saturated heterocycles. The molecular formula is C22H25FN2O. The van der Waals surface area contributed by atoms with Crippen LogP contribution in [0.2, 0.25) is 0 Å². The number of aryl methyl sites for hydroxylation is 1. The second-order valence-electron chi connectivity index (χ2n) is 7.72. The van der Waals surface area contributed by atoms with E-state index in [2.05, 4.69) is 29.4 Å². The van der Waals surface area contributed by atoms with Crippen molar-refractivity contribution in [1.29, 1.82) is 0 Å². The van der Waals surface area contributed by atoms with Gasteiger partial charge in [-0.3, -0.25) is 9.69 Å². The summed E-state index contributed by atoms with van der Waals surface area (Å²) in [4.78, 5) is 15.5. The molecule has 2 aliphatic rings. The maximum atomic E-state index is 13.4. The molecule has 1 N–H and O–H groups in total. The number of rotatable bonds is 4. The van der Waals surface area contributed by atoms with Crippen molar-refractivity contribution in [2.24, 2.45) is 0 Å². The zero-order valence-corrected chi connectivity index (χ0v) is 15.3. The van der Waals surface area contributed by atoms with E-state index < -0.39 is 0 Å². The largest absolute Gasteiger partial charge is 0.343 e. The molecule has 2 bridgehead atoms. The van der Waals surface area contributed by atoms with Crippen LogP contribution < -0.4 is 5.32 Å². The highest BCUT2D eigenvalue weighted by molar-refractivity contribution is 5.96. The number of likely N-dealkylation sites (N-methyl/N-ethyl adjacent to an activating group) is 1. The lowest BCUT2D eigenvalue weighted by Gasteiger charge is -2.41. The predicted molar refractivity (Wildman–Crippen MR) is 101 cm³/mol. The Balaban J connectivity index is 1.69. The van der Waals surface area contributed by atoms with Crippen molar-refractivity contribution in [1.82, 2.24) is 10.2 Å². The lowest BCUT2D eigenvalue weighted by molar-refractivity contribution is 0.0837. The van der Waals surface area contributed by atoms with Gasteiger partial charge in [0.2, 0.25) is 0 Å². The van der Waals surface area contributed by atoms with Crippen LogP contribution in [0.1, 0.15) is 53.2 Å². The monoisotopic (exact) mass is 352 g/mol. The van der Waals surface area contributed by atoms with Crippen LogP contribution in [0, 0.1) is 12.7 Å². The van der Waals surface area contributed by atoms with Gasteiger partial charge in [-0.15, -0.1) is 0 Å². The first-order valence-corrected chi connectivity index (χ1v) is 9.36. The molecule has 1 atom stereocenters. The number of halogens is 1. The minimum atomic E-state index is -0.314. The first kappa shape index (κ1) is 17.2. The van der Waals surface area contributed by atoms with E-state index in [1.807, 2.05) is 18.2 Å². The topological polar surface area (TPSA) is 32.3 Å². The zero-order valence-electron chi connectivity index (χ0n) is 15.3. The average molecular weight is 352 g/mol. The Morgan fingerprint density at radius 3 is 2.46 bits per heavy atom. The molecule has 2 aliphatic heterocycles. The predicted octanol–water partition coefficient (Wildman–Crippen LogP) is 4.23. The van der Waals surface area contributed by atoms with Crippen LogP contribution >= 0.6 is 0 Å². The molecule has 4 heteroatoms. The molecule has 2 aromatic rings. The highest BCUT2D eigenvalue weighted by Crippen LogP contribution is 2.51. The van der Waals surface area contributed by atoms with Crippen molar-refractivity contribution >= 4 is 5.91 Å². The molecule has 0 aliphatic carbocycles. The fraction of sp³-hybridized carbons (Fsp3) is 0.409. The molecule has 2 heterocycles. The maximum Gasteiger partial charge on any atom is 0.252 e. The van der Waals surface area contributed by atoms with Crippen molar-refractivity contribution in [3.63, 3.8) is 0 Å². The lowest BCUT2D eigenvalue weighted by atomic mass is 9.78. The number of carbonyl (C=O) groups excluding carboxylic acids is 1. The van der Waals surface area contributed by atoms with E-state index in [0.717, 1.165) is 18.4 Å². The molecule has 4 rings (SSSR count). The average Bonchev–Trinajstić information content (AvgIpc) is 3.13. The Kier molecular flexibility index (Phi) is 4.31. The summed E-state index contributed by atoms with van der Waals surface area (Å²) in [7, 11) is 2.19. The Morgan fingerprint density at radius 2 is 1.88 bits per heavy atom. The maximum absolute atomic E-state index is 13.4. The summed E-state index contributed by atoms with van der Waals surface area (Å²) < 4.78 is 13.4. The molecule has 2 aromatic carbocycles. The first-order chi connectivity index (χ1) is 12.5. The minimum Gasteiger partial charge on any atom is -0.343 e. The summed E-state index contributed by atoms with van der Waals surface area (Å²) in [5.74, 6) is -0.444. The standard InChI is InChI=1S/C22H25FN2O/c1-15-14-17(23)8-9-19(15)21(26)24-20(16-6-4-3-5-7-16)22-12-10-18(11-13-22)25(22)2/h3-9,14,18,20H,10-13H2,1-2H3,(H,24,26). The van der Waals surface area contributed by atoms with Gasteiger partial charge in [0.1, 0.15) is 5.82 Å². The SMILES string of the molecule is Cc1cc(F)ccc1C(=O)NC(c1ccccc1)C12CCC(CC1)N2C. The van der Waals surface area contributed by atoms with Crippen molar-refractivity contribution < 1.29 is 9.18 Å². The van der Waals surface area contributed by atoms with Crippen molar-refractivity contribution in [2.75, 3.05) is 7.05 Å². The van der Waals surface area contributed by atoms with Gasteiger partial charge in [0.15, 0.2) is 0 Å². The van der Waals surface area contributed by atoms with E-state index in [1.54, 1.807) is 13.0 Å². The van der Waals surface area contributed by atoms with Crippen LogP contribution in [-0.4, -0.2) is 29.4 Å². The Morgan fingerprint density at radius 1 is 1.19 bits per heavy atom. The van der Waals surface area contributed by atoms with E-state index >= 15 is 0 Å². The van der Waals surface area contributed by atoms with Crippen LogP contribution in [0.5, 0.6) is 0 Å². The van der Waals surface area contributed by atoms with Crippen LogP contribution in [0.4, 0.5) is 4.39 Å². The van der Waals surface area contributed by atoms with Gasteiger partial charge in [-0.1, -0.05) is 30.3 Å². The number of amides is 1. The van der Waals surface area contributed by atoms with E-state index in [-0.39, 0.29) is 23.3 Å². The molecule has 136 valence electrons. The fourth-order valence-corrected chi connectivity index (χ4v) is 4.96. The molecule has 26 heavy (non-hydrogen) atoms. The van der Waals surface area contributed by atoms with Gasteiger partial charge in [-0.25, -0.2) is 4.39 Å². The van der Waals surface area contributed by atoms with Crippen LogP contribution in [0.15, 0.2) is 48.5 Å². The van der Waals surface area contributed by atoms with Gasteiger partial charge in [0, 0.05) is 17.1 Å². The Labute approximate surface area is 154 Å². The quantitative estimate of drug-likeness (QED) is 0.893. The normalized spacial score (nSPS) is 26.0. The number of carbonyl (C=O) groups is 1. The van der Waals surface area contributed by atoms with E-state index in [4.69, 9.17) is 0 Å². The molecule has 1 amide bonds. The van der Waals surface area contributed by atoms with Crippen molar-refractivity contribution in [3.05, 3.63) is 71.0 Å². The van der Waals surface area contributed by atoms with Crippen LogP contribution in [-0.2, 0) is 0 Å². The summed E-state index contributed by atoms with van der Waals surface area (Å²) in [5, 5.41) is 3.30. The molecule has 2 fully saturated rings. The number of hydrogen-bond donors (Lipinski definition) is 1. The van der Waals surface area contributed by atoms with Crippen LogP contribution in [0.25, 0.3) is 0 Å². The van der Waals surface area contributed by atoms with Gasteiger partial charge >= 0.3 is 0 Å². The molecule has 3 nitrogen and oxygen atoms in total. The summed E-state index contributed by atoms with van der Waals surface area (Å²) in [6.07, 6.45) is 4.56. The molecular weight excluding hydrogens is 327 g/mol. The molecule has 0 aromatic heterocycles. The fourth-order valence-electron chi connectivity index (χ4n) is 4.96.